The molecule has 1 aromatic rings. The van der Waals surface area contributed by atoms with Crippen LogP contribution in [-0.2, 0) is 4.74 Å². The van der Waals surface area contributed by atoms with Crippen molar-refractivity contribution in [3.05, 3.63) is 32.6 Å². The summed E-state index contributed by atoms with van der Waals surface area (Å²) in [5, 5.41) is 9.51. The van der Waals surface area contributed by atoms with Gasteiger partial charge in [-0.25, -0.2) is 0 Å². The Balaban J connectivity index is 2.32. The number of rotatable bonds is 2. The number of aryl methyl sites for hydroxylation is 1. The molecule has 7 heteroatoms. The molecule has 0 bridgehead atoms. The summed E-state index contributed by atoms with van der Waals surface area (Å²) >= 11 is 0.170. The summed E-state index contributed by atoms with van der Waals surface area (Å²) in [4.78, 5) is 25.0. The molecule has 2 N–H and O–H groups in total. The first kappa shape index (κ1) is 11.6. The van der Waals surface area contributed by atoms with Crippen LogP contribution in [-0.4, -0.2) is 41.2 Å². The zero-order valence-electron chi connectivity index (χ0n) is 8.67. The number of H-pyrrole nitrogens is 1. The molecule has 2 atom stereocenters. The molecule has 0 spiro atoms. The van der Waals surface area contributed by atoms with Gasteiger partial charge in [-0.05, 0) is 0 Å². The molecule has 6 nitrogen and oxygen atoms in total. The van der Waals surface area contributed by atoms with Gasteiger partial charge in [0.25, 0.3) is 0 Å². The SMILES string of the molecule is Cc1cn([C@@H]2C[Se][C@H](CO)O2)c(=O)[nH]c1=O. The molecule has 16 heavy (non-hydrogen) atoms. The van der Waals surface area contributed by atoms with Crippen LogP contribution in [0.25, 0.3) is 0 Å². The van der Waals surface area contributed by atoms with Crippen LogP contribution in [0.4, 0.5) is 0 Å². The monoisotopic (exact) mass is 292 g/mol. The molecule has 1 aliphatic rings. The normalized spacial score (nSPS) is 24.9. The van der Waals surface area contributed by atoms with E-state index >= 15 is 0 Å². The molecule has 2 heterocycles. The number of aliphatic hydroxyl groups is 1. The van der Waals surface area contributed by atoms with Gasteiger partial charge in [0.1, 0.15) is 0 Å². The Morgan fingerprint density at radius 2 is 2.44 bits per heavy atom. The first-order valence-electron chi connectivity index (χ1n) is 4.82. The predicted octanol–water partition coefficient (Wildman–Crippen LogP) is -1.19. The van der Waals surface area contributed by atoms with Gasteiger partial charge in [0.15, 0.2) is 0 Å². The van der Waals surface area contributed by atoms with Gasteiger partial charge in [-0.1, -0.05) is 0 Å². The fraction of sp³-hybridized carbons (Fsp3) is 0.556. The summed E-state index contributed by atoms with van der Waals surface area (Å²) in [5.74, 6) is 0. The van der Waals surface area contributed by atoms with E-state index in [-0.39, 0.29) is 38.4 Å². The number of aromatic amines is 1. The van der Waals surface area contributed by atoms with Gasteiger partial charge in [0, 0.05) is 0 Å². The third kappa shape index (κ3) is 2.12. The first-order valence-corrected chi connectivity index (χ1v) is 7.02. The van der Waals surface area contributed by atoms with E-state index in [1.54, 1.807) is 6.92 Å². The van der Waals surface area contributed by atoms with Gasteiger partial charge in [-0.2, -0.15) is 0 Å². The van der Waals surface area contributed by atoms with Crippen LogP contribution in [0.5, 0.6) is 0 Å². The van der Waals surface area contributed by atoms with Gasteiger partial charge < -0.3 is 0 Å². The third-order valence-electron chi connectivity index (χ3n) is 2.34. The number of aromatic nitrogens is 2. The average molecular weight is 291 g/mol. The van der Waals surface area contributed by atoms with E-state index in [4.69, 9.17) is 9.84 Å². The minimum atomic E-state index is -0.463. The van der Waals surface area contributed by atoms with E-state index in [0.29, 0.717) is 5.56 Å². The van der Waals surface area contributed by atoms with Crippen LogP contribution < -0.4 is 11.2 Å². The molecule has 0 aliphatic carbocycles. The number of nitrogens with zero attached hydrogens (tertiary/aromatic N) is 1. The standard InChI is InChI=1S/C9H12N2O4Se/c1-5-2-11(9(14)10-8(5)13)6-4-16-7(3-12)15-6/h2,6-7,12H,3-4H2,1H3,(H,10,13,14)/t6-,7+/m0/s1. The minimum absolute atomic E-state index is 0.0203. The van der Waals surface area contributed by atoms with Crippen molar-refractivity contribution in [2.24, 2.45) is 0 Å². The van der Waals surface area contributed by atoms with E-state index < -0.39 is 5.69 Å². The first-order chi connectivity index (χ1) is 7.61. The van der Waals surface area contributed by atoms with E-state index in [0.717, 1.165) is 5.32 Å². The van der Waals surface area contributed by atoms with Gasteiger partial charge in [-0.3, -0.25) is 0 Å². The number of nitrogens with one attached hydrogen (secondary N) is 1. The summed E-state index contributed by atoms with van der Waals surface area (Å²) < 4.78 is 6.87. The molecular formula is C9H12N2O4Se. The number of hydrogen-bond donors (Lipinski definition) is 2. The van der Waals surface area contributed by atoms with Crippen molar-refractivity contribution < 1.29 is 9.84 Å². The Labute approximate surface area is 97.4 Å². The fourth-order valence-electron chi connectivity index (χ4n) is 1.49. The molecule has 0 radical (unpaired) electrons. The van der Waals surface area contributed by atoms with Gasteiger partial charge in [0.05, 0.1) is 0 Å². The van der Waals surface area contributed by atoms with Crippen LogP contribution in [0.3, 0.4) is 0 Å². The van der Waals surface area contributed by atoms with Crippen molar-refractivity contribution in [3.63, 3.8) is 0 Å². The summed E-state index contributed by atoms with van der Waals surface area (Å²) in [6, 6.07) is 0. The van der Waals surface area contributed by atoms with Crippen molar-refractivity contribution in [2.45, 2.75) is 23.5 Å². The molecule has 88 valence electrons. The summed E-state index contributed by atoms with van der Waals surface area (Å²) in [7, 11) is 0. The van der Waals surface area contributed by atoms with Gasteiger partial charge in [0.2, 0.25) is 0 Å². The van der Waals surface area contributed by atoms with Crippen LogP contribution >= 0.6 is 0 Å². The molecule has 0 saturated carbocycles. The molecule has 1 fully saturated rings. The zero-order valence-corrected chi connectivity index (χ0v) is 10.4. The average Bonchev–Trinajstić information content (AvgIpc) is 2.71. The Hall–Kier alpha value is -0.881. The molecule has 1 aromatic heterocycles. The number of aliphatic hydroxyl groups excluding tert-OH is 1. The second kappa shape index (κ2) is 4.55. The predicted molar refractivity (Wildman–Crippen MR) is 57.6 cm³/mol. The molecular weight excluding hydrogens is 279 g/mol. The van der Waals surface area contributed by atoms with Crippen molar-refractivity contribution in [1.82, 2.24) is 9.55 Å². The van der Waals surface area contributed by atoms with Crippen molar-refractivity contribution in [3.8, 4) is 0 Å². The van der Waals surface area contributed by atoms with E-state index in [9.17, 15) is 9.59 Å². The van der Waals surface area contributed by atoms with Gasteiger partial charge in [-0.15, -0.1) is 0 Å². The molecule has 0 unspecified atom stereocenters. The van der Waals surface area contributed by atoms with Crippen LogP contribution in [0.2, 0.25) is 5.32 Å². The fourth-order valence-corrected chi connectivity index (χ4v) is 3.44. The Morgan fingerprint density at radius 1 is 1.69 bits per heavy atom. The van der Waals surface area contributed by atoms with Gasteiger partial charge >= 0.3 is 97.0 Å². The van der Waals surface area contributed by atoms with E-state index in [2.05, 4.69) is 4.98 Å². The van der Waals surface area contributed by atoms with Crippen LogP contribution in [0.1, 0.15) is 11.8 Å². The molecule has 0 amide bonds. The summed E-state index contributed by atoms with van der Waals surface area (Å²) in [6.45, 7) is 1.62. The molecule has 1 aliphatic heterocycles. The van der Waals surface area contributed by atoms with Crippen molar-refractivity contribution >= 4 is 15.0 Å². The quantitative estimate of drug-likeness (QED) is 0.671. The second-order valence-corrected chi connectivity index (χ2v) is 6.02. The molecule has 2 rings (SSSR count). The van der Waals surface area contributed by atoms with E-state index in [1.165, 1.54) is 10.8 Å². The van der Waals surface area contributed by atoms with Crippen LogP contribution in [0, 0.1) is 6.92 Å². The zero-order chi connectivity index (χ0) is 11.7. The number of ether oxygens (including phenoxy) is 1. The third-order valence-corrected chi connectivity index (χ3v) is 4.67. The van der Waals surface area contributed by atoms with Crippen molar-refractivity contribution in [2.75, 3.05) is 6.61 Å². The molecule has 0 aromatic carbocycles. The Morgan fingerprint density at radius 3 is 3.06 bits per heavy atom. The maximum absolute atomic E-state index is 11.5. The number of hydrogen-bond acceptors (Lipinski definition) is 4. The Bertz CT molecular complexity index is 495. The van der Waals surface area contributed by atoms with Crippen molar-refractivity contribution in [1.29, 1.82) is 0 Å². The van der Waals surface area contributed by atoms with E-state index in [1.807, 2.05) is 0 Å². The van der Waals surface area contributed by atoms with Crippen LogP contribution in [0.15, 0.2) is 15.8 Å². The molecule has 1 saturated heterocycles. The topological polar surface area (TPSA) is 84.3 Å². The Kier molecular flexibility index (Phi) is 3.30. The second-order valence-electron chi connectivity index (χ2n) is 3.51. The summed E-state index contributed by atoms with van der Waals surface area (Å²) in [6.07, 6.45) is 1.14. The maximum atomic E-state index is 11.5. The summed E-state index contributed by atoms with van der Waals surface area (Å²) in [5.41, 5.74) is -0.360.